The van der Waals surface area contributed by atoms with E-state index in [4.69, 9.17) is 11.6 Å². The number of aryl methyl sites for hydroxylation is 1. The van der Waals surface area contributed by atoms with Crippen molar-refractivity contribution >= 4 is 17.4 Å². The van der Waals surface area contributed by atoms with Crippen LogP contribution in [0.5, 0.6) is 0 Å². The largest absolute Gasteiger partial charge is 0.294 e. The quantitative estimate of drug-likeness (QED) is 0.764. The molecular weight excluding hydrogens is 270 g/mol. The number of Topliss-reactive ketones (excluding diaryl/α,β-unsaturated/α-hetero) is 1. The minimum Gasteiger partial charge on any atom is -0.294 e. The van der Waals surface area contributed by atoms with Crippen molar-refractivity contribution in [1.82, 2.24) is 0 Å². The average molecular weight is 281 g/mol. The molecule has 4 heteroatoms. The molecule has 0 aliphatic heterocycles. The zero-order valence-electron chi connectivity index (χ0n) is 10.2. The lowest BCUT2D eigenvalue weighted by Crippen LogP contribution is -2.10. The van der Waals surface area contributed by atoms with Crippen molar-refractivity contribution < 1.29 is 13.6 Å². The first-order valence-corrected chi connectivity index (χ1v) is 6.09. The van der Waals surface area contributed by atoms with Crippen molar-refractivity contribution in [2.45, 2.75) is 13.3 Å². The molecule has 0 aromatic heterocycles. The maximum Gasteiger partial charge on any atom is 0.173 e. The van der Waals surface area contributed by atoms with Crippen LogP contribution in [0.25, 0.3) is 0 Å². The van der Waals surface area contributed by atoms with Crippen LogP contribution in [0.3, 0.4) is 0 Å². The standard InChI is InChI=1S/C15H11ClF2O/c1-9-6-7-12(17)14(15(9)18)13(19)8-10-4-2-3-5-11(10)16/h2-7H,8H2,1H3. The van der Waals surface area contributed by atoms with E-state index in [9.17, 15) is 13.6 Å². The molecule has 2 aromatic rings. The molecule has 0 unspecified atom stereocenters. The Bertz CT molecular complexity index is 638. The monoisotopic (exact) mass is 280 g/mol. The Kier molecular flexibility index (Phi) is 3.96. The molecule has 0 saturated carbocycles. The van der Waals surface area contributed by atoms with Gasteiger partial charge in [-0.2, -0.15) is 0 Å². The van der Waals surface area contributed by atoms with Gasteiger partial charge < -0.3 is 0 Å². The summed E-state index contributed by atoms with van der Waals surface area (Å²) in [4.78, 5) is 12.0. The van der Waals surface area contributed by atoms with E-state index < -0.39 is 23.0 Å². The van der Waals surface area contributed by atoms with E-state index in [0.29, 0.717) is 10.6 Å². The van der Waals surface area contributed by atoms with Crippen LogP contribution in [0.4, 0.5) is 8.78 Å². The molecule has 0 spiro atoms. The van der Waals surface area contributed by atoms with Crippen molar-refractivity contribution in [2.24, 2.45) is 0 Å². The smallest absolute Gasteiger partial charge is 0.173 e. The Morgan fingerprint density at radius 2 is 1.84 bits per heavy atom. The Labute approximate surface area is 114 Å². The summed E-state index contributed by atoms with van der Waals surface area (Å²) in [6.45, 7) is 1.49. The Morgan fingerprint density at radius 1 is 1.16 bits per heavy atom. The van der Waals surface area contributed by atoms with E-state index in [-0.39, 0.29) is 12.0 Å². The topological polar surface area (TPSA) is 17.1 Å². The molecule has 0 saturated heterocycles. The molecule has 0 amide bonds. The minimum absolute atomic E-state index is 0.128. The summed E-state index contributed by atoms with van der Waals surface area (Å²) in [7, 11) is 0. The Morgan fingerprint density at radius 3 is 2.53 bits per heavy atom. The highest BCUT2D eigenvalue weighted by Gasteiger charge is 2.19. The van der Waals surface area contributed by atoms with Gasteiger partial charge in [-0.3, -0.25) is 4.79 Å². The third kappa shape index (κ3) is 2.82. The van der Waals surface area contributed by atoms with Gasteiger partial charge in [0, 0.05) is 11.4 Å². The lowest BCUT2D eigenvalue weighted by molar-refractivity contribution is 0.0984. The minimum atomic E-state index is -0.847. The van der Waals surface area contributed by atoms with Crippen molar-refractivity contribution in [2.75, 3.05) is 0 Å². The van der Waals surface area contributed by atoms with Crippen LogP contribution < -0.4 is 0 Å². The van der Waals surface area contributed by atoms with Crippen LogP contribution in [-0.2, 0) is 6.42 Å². The second-order valence-electron chi connectivity index (χ2n) is 4.24. The third-order valence-corrected chi connectivity index (χ3v) is 3.24. The van der Waals surface area contributed by atoms with E-state index in [2.05, 4.69) is 0 Å². The average Bonchev–Trinajstić information content (AvgIpc) is 2.37. The normalized spacial score (nSPS) is 10.5. The molecule has 0 fully saturated rings. The van der Waals surface area contributed by atoms with Gasteiger partial charge in [0.1, 0.15) is 11.6 Å². The number of halogens is 3. The molecule has 0 aliphatic rings. The molecule has 19 heavy (non-hydrogen) atoms. The van der Waals surface area contributed by atoms with E-state index in [1.807, 2.05) is 0 Å². The zero-order valence-corrected chi connectivity index (χ0v) is 11.0. The Hall–Kier alpha value is -1.74. The summed E-state index contributed by atoms with van der Waals surface area (Å²) in [6, 6.07) is 9.13. The van der Waals surface area contributed by atoms with E-state index in [1.54, 1.807) is 24.3 Å². The number of ketones is 1. The molecular formula is C15H11ClF2O. The molecule has 98 valence electrons. The zero-order chi connectivity index (χ0) is 14.0. The second kappa shape index (κ2) is 5.49. The maximum atomic E-state index is 13.8. The van der Waals surface area contributed by atoms with Gasteiger partial charge in [-0.25, -0.2) is 8.78 Å². The third-order valence-electron chi connectivity index (χ3n) is 2.87. The Balaban J connectivity index is 2.36. The number of hydrogen-bond donors (Lipinski definition) is 0. The first kappa shape index (κ1) is 13.7. The fourth-order valence-electron chi connectivity index (χ4n) is 1.82. The molecule has 0 aliphatic carbocycles. The summed E-state index contributed by atoms with van der Waals surface area (Å²) in [5.41, 5.74) is 0.290. The highest BCUT2D eigenvalue weighted by molar-refractivity contribution is 6.31. The first-order chi connectivity index (χ1) is 9.00. The van der Waals surface area contributed by atoms with Crippen LogP contribution in [0.1, 0.15) is 21.5 Å². The number of benzene rings is 2. The molecule has 0 heterocycles. The number of rotatable bonds is 3. The van der Waals surface area contributed by atoms with Gasteiger partial charge in [-0.15, -0.1) is 0 Å². The van der Waals surface area contributed by atoms with Crippen LogP contribution in [0.15, 0.2) is 36.4 Å². The molecule has 1 nitrogen and oxygen atoms in total. The molecule has 0 bridgehead atoms. The number of carbonyl (C=O) groups excluding carboxylic acids is 1. The molecule has 2 rings (SSSR count). The number of hydrogen-bond acceptors (Lipinski definition) is 1. The van der Waals surface area contributed by atoms with Crippen molar-refractivity contribution in [3.05, 3.63) is 69.7 Å². The van der Waals surface area contributed by atoms with Crippen molar-refractivity contribution in [3.63, 3.8) is 0 Å². The van der Waals surface area contributed by atoms with Gasteiger partial charge in [0.05, 0.1) is 5.56 Å². The van der Waals surface area contributed by atoms with E-state index >= 15 is 0 Å². The van der Waals surface area contributed by atoms with Gasteiger partial charge in [0.2, 0.25) is 0 Å². The van der Waals surface area contributed by atoms with Crippen molar-refractivity contribution in [3.8, 4) is 0 Å². The highest BCUT2D eigenvalue weighted by Crippen LogP contribution is 2.21. The van der Waals surface area contributed by atoms with Crippen LogP contribution in [0, 0.1) is 18.6 Å². The number of carbonyl (C=O) groups is 1. The summed E-state index contributed by atoms with van der Waals surface area (Å²) in [6.07, 6.45) is -0.128. The second-order valence-corrected chi connectivity index (χ2v) is 4.65. The maximum absolute atomic E-state index is 13.8. The fraction of sp³-hybridized carbons (Fsp3) is 0.133. The van der Waals surface area contributed by atoms with Crippen molar-refractivity contribution in [1.29, 1.82) is 0 Å². The van der Waals surface area contributed by atoms with E-state index in [0.717, 1.165) is 6.07 Å². The van der Waals surface area contributed by atoms with Crippen LogP contribution in [-0.4, -0.2) is 5.78 Å². The predicted octanol–water partition coefficient (Wildman–Crippen LogP) is 4.35. The van der Waals surface area contributed by atoms with E-state index in [1.165, 1.54) is 13.0 Å². The summed E-state index contributed by atoms with van der Waals surface area (Å²) in [5, 5.41) is 0.407. The predicted molar refractivity (Wildman–Crippen MR) is 70.6 cm³/mol. The SMILES string of the molecule is Cc1ccc(F)c(C(=O)Cc2ccccc2Cl)c1F. The lowest BCUT2D eigenvalue weighted by Gasteiger charge is -2.07. The summed E-state index contributed by atoms with van der Waals surface area (Å²) >= 11 is 5.93. The lowest BCUT2D eigenvalue weighted by atomic mass is 10.00. The van der Waals surface area contributed by atoms with Crippen LogP contribution >= 0.6 is 11.6 Å². The van der Waals surface area contributed by atoms with Gasteiger partial charge >= 0.3 is 0 Å². The molecule has 0 atom stereocenters. The molecule has 2 aromatic carbocycles. The van der Waals surface area contributed by atoms with Gasteiger partial charge in [0.25, 0.3) is 0 Å². The fourth-order valence-corrected chi connectivity index (χ4v) is 2.02. The highest BCUT2D eigenvalue weighted by atomic mass is 35.5. The van der Waals surface area contributed by atoms with Gasteiger partial charge in [0.15, 0.2) is 5.78 Å². The molecule has 0 N–H and O–H groups in total. The first-order valence-electron chi connectivity index (χ1n) is 5.72. The summed E-state index contributed by atoms with van der Waals surface area (Å²) in [5.74, 6) is -2.27. The van der Waals surface area contributed by atoms with Gasteiger partial charge in [-0.1, -0.05) is 35.9 Å². The van der Waals surface area contributed by atoms with Gasteiger partial charge in [-0.05, 0) is 30.2 Å². The summed E-state index contributed by atoms with van der Waals surface area (Å²) < 4.78 is 27.4. The van der Waals surface area contributed by atoms with Crippen LogP contribution in [0.2, 0.25) is 5.02 Å². The molecule has 0 radical (unpaired) electrons.